The molecule has 0 fully saturated rings. The van der Waals surface area contributed by atoms with Crippen LogP contribution in [0.25, 0.3) is 0 Å². The second kappa shape index (κ2) is 6.90. The zero-order valence-corrected chi connectivity index (χ0v) is 15.0. The van der Waals surface area contributed by atoms with E-state index in [4.69, 9.17) is 23.2 Å². The molecule has 23 heavy (non-hydrogen) atoms. The number of hydrogen-bond donors (Lipinski definition) is 0. The van der Waals surface area contributed by atoms with E-state index in [0.717, 1.165) is 11.1 Å². The first-order valence-electron chi connectivity index (χ1n) is 7.43. The minimum atomic E-state index is -0.409. The first-order chi connectivity index (χ1) is 10.7. The number of carbonyl (C=O) groups is 1. The predicted octanol–water partition coefficient (Wildman–Crippen LogP) is 4.91. The molecule has 1 aromatic rings. The van der Waals surface area contributed by atoms with Gasteiger partial charge in [-0.15, -0.1) is 5.75 Å². The molecule has 3 nitrogen and oxygen atoms in total. The highest BCUT2D eigenvalue weighted by atomic mass is 35.5. The molecule has 5 heteroatoms. The third kappa shape index (κ3) is 3.85. The van der Waals surface area contributed by atoms with E-state index in [0.29, 0.717) is 11.4 Å². The van der Waals surface area contributed by atoms with E-state index in [1.54, 1.807) is 12.1 Å². The number of carbonyl (C=O) groups excluding carboxylic acids is 1. The number of ketones is 1. The van der Waals surface area contributed by atoms with E-state index >= 15 is 0 Å². The molecule has 0 N–H and O–H groups in total. The molecule has 0 unspecified atom stereocenters. The first-order valence-corrected chi connectivity index (χ1v) is 8.19. The van der Waals surface area contributed by atoms with Gasteiger partial charge in [0, 0.05) is 0 Å². The van der Waals surface area contributed by atoms with Crippen LogP contribution < -0.4 is 5.11 Å². The van der Waals surface area contributed by atoms with Crippen molar-refractivity contribution in [2.75, 3.05) is 0 Å². The number of halogens is 2. The fraction of sp³-hybridized carbons (Fsp3) is 0.333. The van der Waals surface area contributed by atoms with Crippen LogP contribution in [0, 0.1) is 0 Å². The number of benzene rings is 1. The Morgan fingerprint density at radius 2 is 1.39 bits per heavy atom. The summed E-state index contributed by atoms with van der Waals surface area (Å²) in [5.74, 6) is -0.134. The van der Waals surface area contributed by atoms with Crippen LogP contribution in [-0.4, -0.2) is 11.5 Å². The Hall–Kier alpha value is -1.58. The molecule has 0 saturated carbocycles. The van der Waals surface area contributed by atoms with Crippen molar-refractivity contribution in [2.24, 2.45) is 4.99 Å². The fourth-order valence-electron chi connectivity index (χ4n) is 2.34. The highest BCUT2D eigenvalue weighted by molar-refractivity contribution is 6.57. The second-order valence-corrected chi connectivity index (χ2v) is 6.93. The predicted molar refractivity (Wildman–Crippen MR) is 94.0 cm³/mol. The molecule has 0 radical (unpaired) electrons. The van der Waals surface area contributed by atoms with E-state index in [2.05, 4.69) is 4.99 Å². The minimum absolute atomic E-state index is 0.0323. The average molecular weight is 351 g/mol. The fourth-order valence-corrected chi connectivity index (χ4v) is 2.82. The summed E-state index contributed by atoms with van der Waals surface area (Å²) in [5.41, 5.74) is 2.60. The lowest BCUT2D eigenvalue weighted by Crippen LogP contribution is -2.08. The summed E-state index contributed by atoms with van der Waals surface area (Å²) in [4.78, 5) is 16.0. The van der Waals surface area contributed by atoms with Gasteiger partial charge in [0.25, 0.3) is 0 Å². The topological polar surface area (TPSA) is 52.5 Å². The summed E-state index contributed by atoms with van der Waals surface area (Å²) in [6.07, 6.45) is 2.95. The summed E-state index contributed by atoms with van der Waals surface area (Å²) in [7, 11) is 0. The van der Waals surface area contributed by atoms with Crippen LogP contribution in [0.2, 0.25) is 0 Å². The third-order valence-corrected chi connectivity index (χ3v) is 4.18. The van der Waals surface area contributed by atoms with Crippen molar-refractivity contribution in [3.63, 3.8) is 0 Å². The second-order valence-electron chi connectivity index (χ2n) is 6.11. The maximum Gasteiger partial charge on any atom is 0.215 e. The van der Waals surface area contributed by atoms with Gasteiger partial charge in [0.2, 0.25) is 5.78 Å². The molecule has 0 heterocycles. The van der Waals surface area contributed by atoms with Gasteiger partial charge in [-0.3, -0.25) is 4.79 Å². The van der Waals surface area contributed by atoms with Gasteiger partial charge in [-0.25, -0.2) is 4.99 Å². The van der Waals surface area contributed by atoms with E-state index < -0.39 is 5.78 Å². The van der Waals surface area contributed by atoms with Gasteiger partial charge in [0.05, 0.1) is 21.5 Å². The lowest BCUT2D eigenvalue weighted by Gasteiger charge is -2.24. The minimum Gasteiger partial charge on any atom is -0.872 e. The maximum atomic E-state index is 12.5. The van der Waals surface area contributed by atoms with Crippen molar-refractivity contribution in [1.82, 2.24) is 0 Å². The monoisotopic (exact) mass is 350 g/mol. The largest absolute Gasteiger partial charge is 0.872 e. The molecule has 2 rings (SSSR count). The van der Waals surface area contributed by atoms with Crippen LogP contribution in [-0.2, 0) is 4.79 Å². The zero-order valence-electron chi connectivity index (χ0n) is 13.5. The smallest absolute Gasteiger partial charge is 0.215 e. The summed E-state index contributed by atoms with van der Waals surface area (Å²) < 4.78 is 0. The molecule has 1 aliphatic carbocycles. The van der Waals surface area contributed by atoms with Crippen LogP contribution in [0.15, 0.2) is 39.3 Å². The summed E-state index contributed by atoms with van der Waals surface area (Å²) in [6.45, 7) is 7.91. The zero-order chi connectivity index (χ0) is 17.3. The van der Waals surface area contributed by atoms with Gasteiger partial charge in [-0.1, -0.05) is 62.0 Å². The van der Waals surface area contributed by atoms with E-state index in [1.807, 2.05) is 27.7 Å². The van der Waals surface area contributed by atoms with Crippen molar-refractivity contribution in [3.05, 3.63) is 45.5 Å². The number of nitrogens with zero attached hydrogens (tertiary/aromatic N) is 1. The van der Waals surface area contributed by atoms with Gasteiger partial charge < -0.3 is 5.11 Å². The summed E-state index contributed by atoms with van der Waals surface area (Å²) >= 11 is 11.7. The molecule has 0 aliphatic heterocycles. The van der Waals surface area contributed by atoms with Crippen molar-refractivity contribution in [2.45, 2.75) is 39.5 Å². The normalized spacial score (nSPS) is 15.1. The van der Waals surface area contributed by atoms with Crippen molar-refractivity contribution in [3.8, 4) is 5.75 Å². The van der Waals surface area contributed by atoms with Gasteiger partial charge in [-0.05, 0) is 36.1 Å². The molecular formula is C18H18Cl2NO2-. The lowest BCUT2D eigenvalue weighted by molar-refractivity contribution is -0.270. The quantitative estimate of drug-likeness (QED) is 0.727. The van der Waals surface area contributed by atoms with E-state index in [-0.39, 0.29) is 27.6 Å². The van der Waals surface area contributed by atoms with Crippen molar-refractivity contribution in [1.29, 1.82) is 0 Å². The SMILES string of the molecule is CC(C)c1cc(N=C2C=C(Cl)C(=O)C(Cl)=C2)cc(C(C)C)c1[O-]. The van der Waals surface area contributed by atoms with Gasteiger partial charge in [-0.2, -0.15) is 0 Å². The standard InChI is InChI=1S/C18H19Cl2NO2/c1-9(2)13-5-11(6-14(10(3)4)17(13)22)21-12-7-15(19)18(23)16(20)8-12/h5-10,22H,1-4H3/p-1. The van der Waals surface area contributed by atoms with E-state index in [9.17, 15) is 9.90 Å². The Balaban J connectivity index is 2.56. The number of hydrogen-bond acceptors (Lipinski definition) is 3. The lowest BCUT2D eigenvalue weighted by atomic mass is 9.93. The molecule has 0 spiro atoms. The van der Waals surface area contributed by atoms with Gasteiger partial charge >= 0.3 is 0 Å². The third-order valence-electron chi connectivity index (χ3n) is 3.62. The van der Waals surface area contributed by atoms with Crippen molar-refractivity contribution >= 4 is 40.4 Å². The highest BCUT2D eigenvalue weighted by Crippen LogP contribution is 2.36. The molecule has 122 valence electrons. The maximum absolute atomic E-state index is 12.5. The first kappa shape index (κ1) is 17.8. The van der Waals surface area contributed by atoms with Crippen LogP contribution in [0.4, 0.5) is 5.69 Å². The van der Waals surface area contributed by atoms with Crippen LogP contribution in [0.3, 0.4) is 0 Å². The summed E-state index contributed by atoms with van der Waals surface area (Å²) in [5, 5.41) is 12.5. The summed E-state index contributed by atoms with van der Waals surface area (Å²) in [6, 6.07) is 3.57. The average Bonchev–Trinajstić information content (AvgIpc) is 2.45. The molecule has 0 aromatic heterocycles. The Kier molecular flexibility index (Phi) is 5.33. The molecule has 0 saturated heterocycles. The molecule has 0 bridgehead atoms. The Bertz CT molecular complexity index is 690. The van der Waals surface area contributed by atoms with Gasteiger partial charge in [0.15, 0.2) is 0 Å². The molecule has 1 aromatic carbocycles. The Labute approximate surface area is 146 Å². The number of Topliss-reactive ketones (excluding diaryl/α,β-unsaturated/α-hetero) is 1. The molecule has 0 amide bonds. The van der Waals surface area contributed by atoms with Crippen molar-refractivity contribution < 1.29 is 9.90 Å². The molecular weight excluding hydrogens is 333 g/mol. The van der Waals surface area contributed by atoms with Crippen LogP contribution in [0.5, 0.6) is 5.75 Å². The Morgan fingerprint density at radius 3 is 1.78 bits per heavy atom. The van der Waals surface area contributed by atoms with Gasteiger partial charge in [0.1, 0.15) is 0 Å². The van der Waals surface area contributed by atoms with Crippen LogP contribution >= 0.6 is 23.2 Å². The number of rotatable bonds is 3. The number of aliphatic imine (C=N–C) groups is 1. The Morgan fingerprint density at radius 1 is 0.957 bits per heavy atom. The number of allylic oxidation sites excluding steroid dienone is 4. The van der Waals surface area contributed by atoms with Crippen LogP contribution in [0.1, 0.15) is 50.7 Å². The molecule has 1 aliphatic rings. The van der Waals surface area contributed by atoms with E-state index in [1.165, 1.54) is 12.2 Å². The molecule has 0 atom stereocenters. The highest BCUT2D eigenvalue weighted by Gasteiger charge is 2.18.